The normalized spacial score (nSPS) is 14.4. The fourth-order valence-electron chi connectivity index (χ4n) is 5.11. The SMILES string of the molecule is CCCC(C)NC(=O)C(c1ccc(O)c(C)c1)N(C(=O)C(Cc1ccccc1)NC(=O)OC(C)(C)C)C(C)CCC(C)C. The second kappa shape index (κ2) is 16.3. The number of hydrogen-bond acceptors (Lipinski definition) is 5. The number of aromatic hydroxyl groups is 1. The van der Waals surface area contributed by atoms with E-state index in [2.05, 4.69) is 31.4 Å². The molecule has 0 aliphatic rings. The third kappa shape index (κ3) is 11.6. The zero-order chi connectivity index (χ0) is 32.3. The second-order valence-electron chi connectivity index (χ2n) is 13.1. The summed E-state index contributed by atoms with van der Waals surface area (Å²) in [5, 5.41) is 16.2. The highest BCUT2D eigenvalue weighted by Gasteiger charge is 2.39. The van der Waals surface area contributed by atoms with Gasteiger partial charge >= 0.3 is 6.09 Å². The molecule has 3 N–H and O–H groups in total. The van der Waals surface area contributed by atoms with E-state index in [1.165, 1.54) is 0 Å². The van der Waals surface area contributed by atoms with E-state index in [1.807, 2.05) is 44.2 Å². The highest BCUT2D eigenvalue weighted by atomic mass is 16.6. The largest absolute Gasteiger partial charge is 0.508 e. The Hall–Kier alpha value is -3.55. The minimum Gasteiger partial charge on any atom is -0.508 e. The minimum atomic E-state index is -0.986. The molecule has 0 aliphatic carbocycles. The molecule has 0 radical (unpaired) electrons. The van der Waals surface area contributed by atoms with Crippen LogP contribution in [0.1, 0.15) is 104 Å². The summed E-state index contributed by atoms with van der Waals surface area (Å²) in [6.07, 6.45) is 2.73. The Labute approximate surface area is 258 Å². The van der Waals surface area contributed by atoms with E-state index in [1.54, 1.807) is 50.8 Å². The average Bonchev–Trinajstić information content (AvgIpc) is 2.90. The monoisotopic (exact) mass is 595 g/mol. The maximum absolute atomic E-state index is 14.7. The predicted octanol–water partition coefficient (Wildman–Crippen LogP) is 6.84. The molecule has 0 saturated carbocycles. The first-order valence-corrected chi connectivity index (χ1v) is 15.6. The quantitative estimate of drug-likeness (QED) is 0.222. The fraction of sp³-hybridized carbons (Fsp3) is 0.571. The number of rotatable bonds is 14. The van der Waals surface area contributed by atoms with Crippen LogP contribution in [-0.2, 0) is 20.7 Å². The van der Waals surface area contributed by atoms with Gasteiger partial charge in [-0.2, -0.15) is 0 Å². The second-order valence-corrected chi connectivity index (χ2v) is 13.1. The van der Waals surface area contributed by atoms with Crippen LogP contribution >= 0.6 is 0 Å². The van der Waals surface area contributed by atoms with Crippen LogP contribution in [0.4, 0.5) is 4.79 Å². The van der Waals surface area contributed by atoms with E-state index in [4.69, 9.17) is 4.74 Å². The van der Waals surface area contributed by atoms with Crippen molar-refractivity contribution in [2.45, 2.75) is 124 Å². The molecular formula is C35H53N3O5. The lowest BCUT2D eigenvalue weighted by molar-refractivity contribution is -0.145. The third-order valence-corrected chi connectivity index (χ3v) is 7.34. The van der Waals surface area contributed by atoms with Crippen molar-refractivity contribution in [1.82, 2.24) is 15.5 Å². The Morgan fingerprint density at radius 2 is 1.58 bits per heavy atom. The van der Waals surface area contributed by atoms with Gasteiger partial charge in [-0.15, -0.1) is 0 Å². The molecule has 0 spiro atoms. The molecule has 0 heterocycles. The molecule has 8 heteroatoms. The molecule has 4 atom stereocenters. The molecular weight excluding hydrogens is 542 g/mol. The van der Waals surface area contributed by atoms with E-state index in [0.717, 1.165) is 24.8 Å². The number of aryl methyl sites for hydroxylation is 1. The lowest BCUT2D eigenvalue weighted by atomic mass is 9.95. The molecule has 3 amide bonds. The number of phenolic OH excluding ortho intramolecular Hbond substituents is 1. The Morgan fingerprint density at radius 3 is 2.14 bits per heavy atom. The van der Waals surface area contributed by atoms with Crippen molar-refractivity contribution < 1.29 is 24.2 Å². The Balaban J connectivity index is 2.68. The first kappa shape index (κ1) is 35.6. The topological polar surface area (TPSA) is 108 Å². The van der Waals surface area contributed by atoms with Crippen molar-refractivity contribution in [3.8, 4) is 5.75 Å². The number of alkyl carbamates (subject to hydrolysis) is 1. The summed E-state index contributed by atoms with van der Waals surface area (Å²) in [5.74, 6) is -0.166. The van der Waals surface area contributed by atoms with E-state index in [9.17, 15) is 19.5 Å². The average molecular weight is 596 g/mol. The molecule has 2 rings (SSSR count). The summed E-state index contributed by atoms with van der Waals surface area (Å²) in [7, 11) is 0. The highest BCUT2D eigenvalue weighted by molar-refractivity contribution is 5.92. The summed E-state index contributed by atoms with van der Waals surface area (Å²) < 4.78 is 5.55. The molecule has 4 unspecified atom stereocenters. The van der Waals surface area contributed by atoms with Gasteiger partial charge in [0.05, 0.1) is 0 Å². The number of carbonyl (C=O) groups is 3. The van der Waals surface area contributed by atoms with Crippen molar-refractivity contribution in [2.75, 3.05) is 0 Å². The smallest absolute Gasteiger partial charge is 0.408 e. The van der Waals surface area contributed by atoms with Crippen LogP contribution in [0.3, 0.4) is 0 Å². The van der Waals surface area contributed by atoms with Gasteiger partial charge in [0.25, 0.3) is 0 Å². The molecule has 0 aliphatic heterocycles. The number of benzene rings is 2. The highest BCUT2D eigenvalue weighted by Crippen LogP contribution is 2.31. The van der Waals surface area contributed by atoms with Gasteiger partial charge in [0.15, 0.2) is 0 Å². The van der Waals surface area contributed by atoms with E-state index in [-0.39, 0.29) is 36.1 Å². The van der Waals surface area contributed by atoms with Crippen LogP contribution in [0.5, 0.6) is 5.75 Å². The number of nitrogens with one attached hydrogen (secondary N) is 2. The maximum atomic E-state index is 14.7. The van der Waals surface area contributed by atoms with Crippen LogP contribution in [0.25, 0.3) is 0 Å². The lowest BCUT2D eigenvalue weighted by Crippen LogP contribution is -2.56. The van der Waals surface area contributed by atoms with E-state index >= 15 is 0 Å². The zero-order valence-corrected chi connectivity index (χ0v) is 27.6. The standard InChI is InChI=1S/C35H53N3O5/c1-10-14-25(5)36-32(40)31(28-19-20-30(39)24(4)21-28)38(26(6)18-17-23(2)3)33(41)29(22-27-15-12-11-13-16-27)37-34(42)43-35(7,8)9/h11-13,15-16,19-21,23,25-26,29,31,39H,10,14,17-18,22H2,1-9H3,(H,36,40)(H,37,42). The third-order valence-electron chi connectivity index (χ3n) is 7.34. The minimum absolute atomic E-state index is 0.0962. The first-order chi connectivity index (χ1) is 20.1. The fourth-order valence-corrected chi connectivity index (χ4v) is 5.11. The molecule has 43 heavy (non-hydrogen) atoms. The van der Waals surface area contributed by atoms with Crippen LogP contribution in [0.2, 0.25) is 0 Å². The van der Waals surface area contributed by atoms with Crippen molar-refractivity contribution in [3.63, 3.8) is 0 Å². The number of ether oxygens (including phenoxy) is 1. The van der Waals surface area contributed by atoms with Crippen LogP contribution in [0, 0.1) is 12.8 Å². The molecule has 0 fully saturated rings. The van der Waals surface area contributed by atoms with Gasteiger partial charge in [-0.1, -0.05) is 63.6 Å². The maximum Gasteiger partial charge on any atom is 0.408 e. The van der Waals surface area contributed by atoms with Crippen molar-refractivity contribution in [2.24, 2.45) is 5.92 Å². The van der Waals surface area contributed by atoms with Crippen molar-refractivity contribution in [3.05, 3.63) is 65.2 Å². The van der Waals surface area contributed by atoms with Crippen LogP contribution < -0.4 is 10.6 Å². The summed E-state index contributed by atoms with van der Waals surface area (Å²) in [6.45, 7) is 17.3. The number of phenols is 1. The first-order valence-electron chi connectivity index (χ1n) is 15.6. The van der Waals surface area contributed by atoms with Gasteiger partial charge in [0.1, 0.15) is 23.4 Å². The number of amides is 3. The number of nitrogens with zero attached hydrogens (tertiary/aromatic N) is 1. The molecule has 238 valence electrons. The molecule has 2 aromatic carbocycles. The van der Waals surface area contributed by atoms with E-state index in [0.29, 0.717) is 23.5 Å². The van der Waals surface area contributed by atoms with Gasteiger partial charge in [0.2, 0.25) is 11.8 Å². The lowest BCUT2D eigenvalue weighted by Gasteiger charge is -2.39. The van der Waals surface area contributed by atoms with Crippen molar-refractivity contribution in [1.29, 1.82) is 0 Å². The van der Waals surface area contributed by atoms with E-state index < -0.39 is 23.8 Å². The van der Waals surface area contributed by atoms with Gasteiger partial charge in [-0.25, -0.2) is 4.79 Å². The summed E-state index contributed by atoms with van der Waals surface area (Å²) in [6, 6.07) is 12.1. The molecule has 8 nitrogen and oxygen atoms in total. The molecule has 0 bridgehead atoms. The van der Waals surface area contributed by atoms with Gasteiger partial charge in [-0.05, 0) is 95.5 Å². The van der Waals surface area contributed by atoms with Crippen LogP contribution in [-0.4, -0.2) is 51.6 Å². The molecule has 2 aromatic rings. The Kier molecular flexibility index (Phi) is 13.5. The number of carbonyl (C=O) groups excluding carboxylic acids is 3. The summed E-state index contributed by atoms with van der Waals surface area (Å²) in [5.41, 5.74) is 1.31. The van der Waals surface area contributed by atoms with Gasteiger partial charge < -0.3 is 25.4 Å². The zero-order valence-electron chi connectivity index (χ0n) is 27.6. The molecule has 0 saturated heterocycles. The predicted molar refractivity (Wildman–Crippen MR) is 172 cm³/mol. The summed E-state index contributed by atoms with van der Waals surface area (Å²) >= 11 is 0. The molecule has 0 aromatic heterocycles. The van der Waals surface area contributed by atoms with Crippen molar-refractivity contribution >= 4 is 17.9 Å². The van der Waals surface area contributed by atoms with Gasteiger partial charge in [0, 0.05) is 18.5 Å². The number of hydrogen-bond donors (Lipinski definition) is 3. The summed E-state index contributed by atoms with van der Waals surface area (Å²) in [4.78, 5) is 43.5. The Bertz CT molecular complexity index is 1190. The van der Waals surface area contributed by atoms with Crippen LogP contribution in [0.15, 0.2) is 48.5 Å². The van der Waals surface area contributed by atoms with Gasteiger partial charge in [-0.3, -0.25) is 9.59 Å². The Morgan fingerprint density at radius 1 is 0.930 bits per heavy atom.